The normalized spacial score (nSPS) is 17.3. The zero-order valence-electron chi connectivity index (χ0n) is 17.8. The lowest BCUT2D eigenvalue weighted by molar-refractivity contribution is -0.125. The summed E-state index contributed by atoms with van der Waals surface area (Å²) in [5.41, 5.74) is 1.61. The molecule has 0 radical (unpaired) electrons. The van der Waals surface area contributed by atoms with Gasteiger partial charge in [0.1, 0.15) is 5.54 Å². The van der Waals surface area contributed by atoms with Crippen molar-refractivity contribution in [1.82, 2.24) is 4.90 Å². The fourth-order valence-electron chi connectivity index (χ4n) is 3.79. The zero-order valence-corrected chi connectivity index (χ0v) is 21.7. The minimum absolute atomic E-state index is 0.187. The van der Waals surface area contributed by atoms with E-state index in [9.17, 15) is 9.59 Å². The van der Waals surface area contributed by atoms with E-state index in [-0.39, 0.29) is 11.7 Å². The van der Waals surface area contributed by atoms with Gasteiger partial charge in [-0.3, -0.25) is 9.59 Å². The van der Waals surface area contributed by atoms with Crippen LogP contribution in [-0.2, 0) is 11.3 Å². The Kier molecular flexibility index (Phi) is 7.07. The van der Waals surface area contributed by atoms with Crippen LogP contribution in [-0.4, -0.2) is 22.1 Å². The predicted octanol–water partition coefficient (Wildman–Crippen LogP) is 7.21. The van der Waals surface area contributed by atoms with E-state index < -0.39 is 5.54 Å². The van der Waals surface area contributed by atoms with Gasteiger partial charge in [0.15, 0.2) is 5.78 Å². The Morgan fingerprint density at radius 1 is 1.03 bits per heavy atom. The van der Waals surface area contributed by atoms with Crippen LogP contribution >= 0.6 is 43.5 Å². The lowest BCUT2D eigenvalue weighted by Crippen LogP contribution is -2.49. The van der Waals surface area contributed by atoms with Crippen molar-refractivity contribution in [2.24, 2.45) is 0 Å². The molecule has 168 valence electrons. The molecule has 0 aliphatic carbocycles. The van der Waals surface area contributed by atoms with Gasteiger partial charge in [-0.1, -0.05) is 54.1 Å². The molecule has 0 unspecified atom stereocenters. The monoisotopic (exact) mass is 586 g/mol. The molecule has 0 aromatic heterocycles. The second-order valence-electron chi connectivity index (χ2n) is 8.08. The van der Waals surface area contributed by atoms with Crippen molar-refractivity contribution in [2.45, 2.75) is 25.4 Å². The van der Waals surface area contributed by atoms with Crippen LogP contribution in [0.1, 0.15) is 34.8 Å². The number of rotatable bonds is 6. The van der Waals surface area contributed by atoms with Crippen LogP contribution in [0.4, 0.5) is 5.69 Å². The highest BCUT2D eigenvalue weighted by molar-refractivity contribution is 9.13. The number of anilines is 1. The van der Waals surface area contributed by atoms with Crippen molar-refractivity contribution in [1.29, 1.82) is 0 Å². The molecule has 0 saturated heterocycles. The van der Waals surface area contributed by atoms with E-state index in [2.05, 4.69) is 37.2 Å². The average Bonchev–Trinajstić information content (AvgIpc) is 3.19. The highest BCUT2D eigenvalue weighted by Crippen LogP contribution is 2.33. The first-order valence-electron chi connectivity index (χ1n) is 10.4. The summed E-state index contributed by atoms with van der Waals surface area (Å²) in [6, 6.07) is 19.9. The van der Waals surface area contributed by atoms with Gasteiger partial charge in [-0.2, -0.15) is 0 Å². The van der Waals surface area contributed by atoms with Crippen molar-refractivity contribution < 1.29 is 9.59 Å². The molecule has 33 heavy (non-hydrogen) atoms. The van der Waals surface area contributed by atoms with Gasteiger partial charge in [-0.25, -0.2) is 0 Å². The number of ketones is 1. The lowest BCUT2D eigenvalue weighted by Gasteiger charge is -2.35. The number of nitrogens with zero attached hydrogens (tertiary/aromatic N) is 1. The third kappa shape index (κ3) is 5.08. The maximum Gasteiger partial charge on any atom is 0.250 e. The van der Waals surface area contributed by atoms with Crippen LogP contribution in [0.5, 0.6) is 0 Å². The summed E-state index contributed by atoms with van der Waals surface area (Å²) in [6.45, 7) is 2.48. The molecule has 1 aliphatic rings. The Balaban J connectivity index is 1.58. The standard InChI is InChI=1S/C26H21Br2ClN2O2/c1-26(12-5-13-31(26)16-17-8-10-21(27)22(28)14-17)25(33)30-23-11-9-19(29)15-20(23)24(32)18-6-3-2-4-7-18/h2-11,13-15H,12,16H2,1H3,(H,30,33)/t26-/m1/s1. The molecule has 4 rings (SSSR count). The number of carbonyl (C=O) groups excluding carboxylic acids is 2. The summed E-state index contributed by atoms with van der Waals surface area (Å²) in [5.74, 6) is -0.382. The summed E-state index contributed by atoms with van der Waals surface area (Å²) in [4.78, 5) is 28.6. The van der Waals surface area contributed by atoms with Gasteiger partial charge in [0.2, 0.25) is 5.91 Å². The Bertz CT molecular complexity index is 1250. The summed E-state index contributed by atoms with van der Waals surface area (Å²) >= 11 is 13.2. The third-order valence-electron chi connectivity index (χ3n) is 5.77. The number of amides is 1. The Morgan fingerprint density at radius 2 is 1.79 bits per heavy atom. The van der Waals surface area contributed by atoms with Gasteiger partial charge in [-0.05, 0) is 87.3 Å². The van der Waals surface area contributed by atoms with E-state index in [0.29, 0.717) is 34.8 Å². The first kappa shape index (κ1) is 23.7. The quantitative estimate of drug-likeness (QED) is 0.310. The molecule has 1 aliphatic heterocycles. The van der Waals surface area contributed by atoms with Crippen molar-refractivity contribution in [3.8, 4) is 0 Å². The second kappa shape index (κ2) is 9.84. The van der Waals surface area contributed by atoms with E-state index in [4.69, 9.17) is 11.6 Å². The summed E-state index contributed by atoms with van der Waals surface area (Å²) in [5, 5.41) is 3.42. The minimum Gasteiger partial charge on any atom is -0.359 e. The average molecular weight is 589 g/mol. The van der Waals surface area contributed by atoms with Crippen molar-refractivity contribution >= 4 is 60.8 Å². The number of hydrogen-bond acceptors (Lipinski definition) is 3. The van der Waals surface area contributed by atoms with Gasteiger partial charge >= 0.3 is 0 Å². The molecule has 1 amide bonds. The van der Waals surface area contributed by atoms with Crippen LogP contribution in [0, 0.1) is 0 Å². The van der Waals surface area contributed by atoms with Gasteiger partial charge in [-0.15, -0.1) is 0 Å². The number of halogens is 3. The van der Waals surface area contributed by atoms with Crippen molar-refractivity contribution in [2.75, 3.05) is 5.32 Å². The molecule has 1 N–H and O–H groups in total. The molecule has 0 fully saturated rings. The van der Waals surface area contributed by atoms with Crippen LogP contribution in [0.2, 0.25) is 5.02 Å². The van der Waals surface area contributed by atoms with Crippen LogP contribution in [0.25, 0.3) is 0 Å². The molecule has 1 heterocycles. The maximum atomic E-state index is 13.5. The highest BCUT2D eigenvalue weighted by Gasteiger charge is 2.40. The smallest absolute Gasteiger partial charge is 0.250 e. The van der Waals surface area contributed by atoms with E-state index in [1.54, 1.807) is 42.5 Å². The van der Waals surface area contributed by atoms with Crippen LogP contribution < -0.4 is 5.32 Å². The SMILES string of the molecule is C[C@]1(C(=O)Nc2ccc(Cl)cc2C(=O)c2ccccc2)CC=CN1Cc1ccc(Br)c(Br)c1. The molecule has 3 aromatic carbocycles. The number of carbonyl (C=O) groups is 2. The molecule has 4 nitrogen and oxygen atoms in total. The molecular weight excluding hydrogens is 568 g/mol. The number of hydrogen-bond donors (Lipinski definition) is 1. The van der Waals surface area contributed by atoms with Crippen molar-refractivity contribution in [3.05, 3.63) is 110 Å². The first-order chi connectivity index (χ1) is 15.8. The summed E-state index contributed by atoms with van der Waals surface area (Å²) in [7, 11) is 0. The molecule has 0 saturated carbocycles. The van der Waals surface area contributed by atoms with Gasteiger partial charge in [0.05, 0.1) is 5.69 Å². The largest absolute Gasteiger partial charge is 0.359 e. The summed E-state index contributed by atoms with van der Waals surface area (Å²) < 4.78 is 1.93. The number of benzene rings is 3. The zero-order chi connectivity index (χ0) is 23.6. The fourth-order valence-corrected chi connectivity index (χ4v) is 4.64. The predicted molar refractivity (Wildman–Crippen MR) is 140 cm³/mol. The van der Waals surface area contributed by atoms with E-state index in [1.165, 1.54) is 0 Å². The van der Waals surface area contributed by atoms with Crippen LogP contribution in [0.3, 0.4) is 0 Å². The highest BCUT2D eigenvalue weighted by atomic mass is 79.9. The molecular formula is C26H21Br2ClN2O2. The second-order valence-corrected chi connectivity index (χ2v) is 10.2. The Labute approximate surface area is 214 Å². The molecule has 7 heteroatoms. The summed E-state index contributed by atoms with van der Waals surface area (Å²) in [6.07, 6.45) is 4.50. The number of nitrogens with one attached hydrogen (secondary N) is 1. The van der Waals surface area contributed by atoms with Gasteiger partial charge in [0.25, 0.3) is 0 Å². The maximum absolute atomic E-state index is 13.5. The van der Waals surface area contributed by atoms with Crippen molar-refractivity contribution in [3.63, 3.8) is 0 Å². The lowest BCUT2D eigenvalue weighted by atomic mass is 9.95. The van der Waals surface area contributed by atoms with E-state index in [0.717, 1.165) is 14.5 Å². The van der Waals surface area contributed by atoms with Gasteiger partial charge in [0, 0.05) is 31.6 Å². The molecule has 0 spiro atoms. The fraction of sp³-hybridized carbons (Fsp3) is 0.154. The Hall–Kier alpha value is -2.41. The molecule has 0 bridgehead atoms. The third-order valence-corrected chi connectivity index (χ3v) is 7.89. The topological polar surface area (TPSA) is 49.4 Å². The Morgan fingerprint density at radius 3 is 2.52 bits per heavy atom. The van der Waals surface area contributed by atoms with Crippen LogP contribution in [0.15, 0.2) is 88.0 Å². The molecule has 1 atom stereocenters. The van der Waals surface area contributed by atoms with Gasteiger partial charge < -0.3 is 10.2 Å². The minimum atomic E-state index is -0.799. The first-order valence-corrected chi connectivity index (χ1v) is 12.3. The van der Waals surface area contributed by atoms with E-state index in [1.807, 2.05) is 48.4 Å². The van der Waals surface area contributed by atoms with E-state index >= 15 is 0 Å². The molecule has 3 aromatic rings.